The molecule has 28 heavy (non-hydrogen) atoms. The Bertz CT molecular complexity index is 849. The van der Waals surface area contributed by atoms with Gasteiger partial charge < -0.3 is 9.84 Å². The lowest BCUT2D eigenvalue weighted by Crippen LogP contribution is -2.55. The first-order chi connectivity index (χ1) is 13.1. The van der Waals surface area contributed by atoms with Crippen LogP contribution in [0.3, 0.4) is 0 Å². The molecule has 5 heteroatoms. The van der Waals surface area contributed by atoms with E-state index in [0.29, 0.717) is 12.8 Å². The van der Waals surface area contributed by atoms with Crippen molar-refractivity contribution in [1.29, 1.82) is 0 Å². The summed E-state index contributed by atoms with van der Waals surface area (Å²) in [6, 6.07) is 0. The van der Waals surface area contributed by atoms with Crippen molar-refractivity contribution < 1.29 is 24.2 Å². The van der Waals surface area contributed by atoms with E-state index >= 15 is 0 Å². The van der Waals surface area contributed by atoms with Crippen LogP contribution in [-0.4, -0.2) is 34.9 Å². The van der Waals surface area contributed by atoms with Gasteiger partial charge in [0.05, 0.1) is 0 Å². The number of ketones is 2. The van der Waals surface area contributed by atoms with Crippen molar-refractivity contribution in [2.45, 2.75) is 58.5 Å². The number of fused-ring (bicyclic) bond motifs is 5. The molecule has 150 valence electrons. The first-order valence-electron chi connectivity index (χ1n) is 10.2. The van der Waals surface area contributed by atoms with Crippen molar-refractivity contribution >= 4 is 17.5 Å². The molecular weight excluding hydrogens is 356 g/mol. The number of ether oxygens (including phenoxy) is 1. The van der Waals surface area contributed by atoms with Crippen LogP contribution in [0.2, 0.25) is 0 Å². The number of hydrogen-bond donors (Lipinski definition) is 1. The summed E-state index contributed by atoms with van der Waals surface area (Å²) in [4.78, 5) is 35.8. The third-order valence-electron chi connectivity index (χ3n) is 7.97. The molecule has 1 N–H and O–H groups in total. The second-order valence-electron chi connectivity index (χ2n) is 9.24. The van der Waals surface area contributed by atoms with Gasteiger partial charge in [0.25, 0.3) is 0 Å². The lowest BCUT2D eigenvalue weighted by atomic mass is 9.51. The second kappa shape index (κ2) is 6.24. The highest BCUT2D eigenvalue weighted by atomic mass is 16.5. The number of allylic oxidation sites excluding steroid dienone is 6. The fraction of sp³-hybridized carbons (Fsp3) is 0.609. The van der Waals surface area contributed by atoms with Gasteiger partial charge >= 0.3 is 5.97 Å². The minimum Gasteiger partial charge on any atom is -0.458 e. The van der Waals surface area contributed by atoms with Gasteiger partial charge in [0, 0.05) is 17.8 Å². The first kappa shape index (κ1) is 19.3. The van der Waals surface area contributed by atoms with E-state index in [1.165, 1.54) is 18.1 Å². The average Bonchev–Trinajstić information content (AvgIpc) is 2.92. The van der Waals surface area contributed by atoms with Crippen LogP contribution in [0, 0.1) is 22.7 Å². The molecule has 0 aromatic carbocycles. The first-order valence-corrected chi connectivity index (χ1v) is 10.2. The molecule has 2 unspecified atom stereocenters. The molecule has 0 aromatic rings. The van der Waals surface area contributed by atoms with Gasteiger partial charge in [-0.1, -0.05) is 30.2 Å². The largest absolute Gasteiger partial charge is 0.458 e. The molecule has 0 heterocycles. The van der Waals surface area contributed by atoms with Crippen molar-refractivity contribution in [2.24, 2.45) is 22.7 Å². The highest BCUT2D eigenvalue weighted by molar-refractivity contribution is 6.01. The standard InChI is InChI=1S/C23H28O5/c1-14(24)28-13-20(26)23(27)11-8-19-17-5-4-15-12-16(25)6-9-21(15,2)18(17)7-10-22(19,23)3/h6-7,9,12,17,19,27H,4-5,8,10-11,13H2,1-3H3/t17?,19?,21-,22-,23-/m0/s1. The minimum absolute atomic E-state index is 0.0542. The molecule has 5 atom stereocenters. The molecule has 4 rings (SSSR count). The summed E-state index contributed by atoms with van der Waals surface area (Å²) < 4.78 is 4.90. The van der Waals surface area contributed by atoms with E-state index in [4.69, 9.17) is 4.74 Å². The topological polar surface area (TPSA) is 80.7 Å². The van der Waals surface area contributed by atoms with Crippen molar-refractivity contribution in [1.82, 2.24) is 0 Å². The van der Waals surface area contributed by atoms with E-state index < -0.39 is 22.8 Å². The summed E-state index contributed by atoms with van der Waals surface area (Å²) >= 11 is 0. The highest BCUT2D eigenvalue weighted by Crippen LogP contribution is 2.65. The molecular formula is C23H28O5. The fourth-order valence-corrected chi connectivity index (χ4v) is 6.28. The monoisotopic (exact) mass is 384 g/mol. The lowest BCUT2D eigenvalue weighted by molar-refractivity contribution is -0.162. The molecule has 0 bridgehead atoms. The van der Waals surface area contributed by atoms with E-state index in [0.717, 1.165) is 19.3 Å². The third kappa shape index (κ3) is 2.52. The molecule has 0 saturated heterocycles. The maximum Gasteiger partial charge on any atom is 0.303 e. The van der Waals surface area contributed by atoms with Crippen LogP contribution in [0.4, 0.5) is 0 Å². The molecule has 0 aromatic heterocycles. The van der Waals surface area contributed by atoms with E-state index in [1.807, 2.05) is 13.0 Å². The zero-order valence-corrected chi connectivity index (χ0v) is 16.8. The Morgan fingerprint density at radius 1 is 1.29 bits per heavy atom. The molecule has 2 fully saturated rings. The van der Waals surface area contributed by atoms with Gasteiger partial charge in [-0.25, -0.2) is 0 Å². The maximum absolute atomic E-state index is 12.8. The van der Waals surface area contributed by atoms with E-state index in [2.05, 4.69) is 13.0 Å². The van der Waals surface area contributed by atoms with Crippen molar-refractivity contribution in [2.75, 3.05) is 6.61 Å². The Morgan fingerprint density at radius 2 is 2.04 bits per heavy atom. The summed E-state index contributed by atoms with van der Waals surface area (Å²) in [5, 5.41) is 11.4. The molecule has 0 spiro atoms. The fourth-order valence-electron chi connectivity index (χ4n) is 6.28. The van der Waals surface area contributed by atoms with Gasteiger partial charge in [-0.3, -0.25) is 14.4 Å². The highest BCUT2D eigenvalue weighted by Gasteiger charge is 2.64. The summed E-state index contributed by atoms with van der Waals surface area (Å²) in [5.74, 6) is -0.369. The molecule has 0 radical (unpaired) electrons. The van der Waals surface area contributed by atoms with Crippen molar-refractivity contribution in [3.8, 4) is 0 Å². The number of esters is 1. The number of hydrogen-bond acceptors (Lipinski definition) is 5. The zero-order chi connectivity index (χ0) is 20.3. The van der Waals surface area contributed by atoms with Crippen LogP contribution >= 0.6 is 0 Å². The Morgan fingerprint density at radius 3 is 2.75 bits per heavy atom. The smallest absolute Gasteiger partial charge is 0.303 e. The van der Waals surface area contributed by atoms with Gasteiger partial charge in [0.15, 0.2) is 12.4 Å². The SMILES string of the molecule is CC(=O)OCC(=O)[C@@]1(O)CCC2C3CCC4=CC(=O)C=C[C@]4(C)C3=CC[C@@]21C. The van der Waals surface area contributed by atoms with E-state index in [9.17, 15) is 19.5 Å². The quantitative estimate of drug-likeness (QED) is 0.597. The van der Waals surface area contributed by atoms with Crippen LogP contribution in [0.5, 0.6) is 0 Å². The molecule has 4 aliphatic carbocycles. The maximum atomic E-state index is 12.8. The van der Waals surface area contributed by atoms with Gasteiger partial charge in [-0.2, -0.15) is 0 Å². The number of rotatable bonds is 3. The van der Waals surface area contributed by atoms with Crippen LogP contribution in [-0.2, 0) is 19.1 Å². The normalized spacial score (nSPS) is 41.4. The zero-order valence-electron chi connectivity index (χ0n) is 16.8. The summed E-state index contributed by atoms with van der Waals surface area (Å²) in [7, 11) is 0. The van der Waals surface area contributed by atoms with Crippen LogP contribution in [0.25, 0.3) is 0 Å². The van der Waals surface area contributed by atoms with E-state index in [1.54, 1.807) is 12.2 Å². The molecule has 0 amide bonds. The minimum atomic E-state index is -1.47. The van der Waals surface area contributed by atoms with Crippen LogP contribution in [0.1, 0.15) is 52.9 Å². The number of carbonyl (C=O) groups excluding carboxylic acids is 3. The molecule has 4 aliphatic rings. The molecule has 2 saturated carbocycles. The Hall–Kier alpha value is -2.01. The number of carbonyl (C=O) groups is 3. The Balaban J connectivity index is 1.67. The number of aliphatic hydroxyl groups is 1. The molecule has 0 aliphatic heterocycles. The Labute approximate surface area is 165 Å². The molecule has 5 nitrogen and oxygen atoms in total. The predicted molar refractivity (Wildman–Crippen MR) is 103 cm³/mol. The lowest BCUT2D eigenvalue weighted by Gasteiger charge is -2.53. The second-order valence-corrected chi connectivity index (χ2v) is 9.24. The van der Waals surface area contributed by atoms with Crippen LogP contribution < -0.4 is 0 Å². The third-order valence-corrected chi connectivity index (χ3v) is 7.97. The van der Waals surface area contributed by atoms with Gasteiger partial charge in [-0.15, -0.1) is 0 Å². The van der Waals surface area contributed by atoms with Crippen LogP contribution in [0.15, 0.2) is 35.5 Å². The van der Waals surface area contributed by atoms with Crippen molar-refractivity contribution in [3.05, 3.63) is 35.5 Å². The summed E-state index contributed by atoms with van der Waals surface area (Å²) in [6.45, 7) is 5.08. The van der Waals surface area contributed by atoms with Gasteiger partial charge in [-0.05, 0) is 63.0 Å². The Kier molecular flexibility index (Phi) is 4.31. The van der Waals surface area contributed by atoms with Gasteiger partial charge in [0.2, 0.25) is 5.78 Å². The van der Waals surface area contributed by atoms with Crippen molar-refractivity contribution in [3.63, 3.8) is 0 Å². The predicted octanol–water partition coefficient (Wildman–Crippen LogP) is 3.08. The number of Topliss-reactive ketones (excluding diaryl/α,β-unsaturated/α-hetero) is 1. The average molecular weight is 384 g/mol. The van der Waals surface area contributed by atoms with Gasteiger partial charge in [0.1, 0.15) is 5.60 Å². The summed E-state index contributed by atoms with van der Waals surface area (Å²) in [6.07, 6.45) is 11.2. The summed E-state index contributed by atoms with van der Waals surface area (Å²) in [5.41, 5.74) is 0.230. The van der Waals surface area contributed by atoms with E-state index in [-0.39, 0.29) is 29.6 Å².